The number of rotatable bonds is 6. The van der Waals surface area contributed by atoms with Crippen molar-refractivity contribution < 1.29 is 0 Å². The standard InChI is InChI=1S/C51H32N4/c52-33-34-25-30-43-45(31-34)51(39-19-9-3-10-20-39,40-21-11-4-12-22-40)46-32-44(41-23-13-14-24-42(41)47(43)46)35-26-28-38(29-27-35)50-54-48(36-15-5-1-6-16-36)53-49(55-50)37-17-7-2-8-18-37/h1-32H. The van der Waals surface area contributed by atoms with Gasteiger partial charge < -0.3 is 0 Å². The van der Waals surface area contributed by atoms with Gasteiger partial charge in [-0.15, -0.1) is 0 Å². The van der Waals surface area contributed by atoms with Gasteiger partial charge >= 0.3 is 0 Å². The van der Waals surface area contributed by atoms with Crippen molar-refractivity contribution in [2.45, 2.75) is 5.41 Å². The summed E-state index contributed by atoms with van der Waals surface area (Å²) in [6.45, 7) is 0. The Bertz CT molecular complexity index is 2800. The van der Waals surface area contributed by atoms with Crippen LogP contribution >= 0.6 is 0 Å². The summed E-state index contributed by atoms with van der Waals surface area (Å²) in [5, 5.41) is 12.5. The van der Waals surface area contributed by atoms with Crippen LogP contribution < -0.4 is 0 Å². The van der Waals surface area contributed by atoms with Crippen LogP contribution in [0.4, 0.5) is 0 Å². The topological polar surface area (TPSA) is 62.5 Å². The van der Waals surface area contributed by atoms with E-state index in [0.717, 1.165) is 50.1 Å². The molecule has 0 saturated heterocycles. The minimum Gasteiger partial charge on any atom is -0.208 e. The molecule has 0 radical (unpaired) electrons. The summed E-state index contributed by atoms with van der Waals surface area (Å²) < 4.78 is 0. The molecule has 0 N–H and O–H groups in total. The van der Waals surface area contributed by atoms with E-state index in [1.807, 2.05) is 66.7 Å². The summed E-state index contributed by atoms with van der Waals surface area (Å²) in [5.74, 6) is 1.89. The number of aromatic nitrogens is 3. The van der Waals surface area contributed by atoms with Crippen LogP contribution in [0.3, 0.4) is 0 Å². The third-order valence-electron chi connectivity index (χ3n) is 10.8. The van der Waals surface area contributed by atoms with E-state index in [2.05, 4.69) is 133 Å². The second kappa shape index (κ2) is 13.2. The Morgan fingerprint density at radius 3 is 1.36 bits per heavy atom. The van der Waals surface area contributed by atoms with Gasteiger partial charge in [0, 0.05) is 16.7 Å². The molecule has 0 aliphatic heterocycles. The lowest BCUT2D eigenvalue weighted by atomic mass is 9.67. The molecule has 1 aliphatic rings. The average Bonchev–Trinajstić information content (AvgIpc) is 3.57. The number of nitriles is 1. The first kappa shape index (κ1) is 32.2. The van der Waals surface area contributed by atoms with Crippen molar-refractivity contribution in [3.63, 3.8) is 0 Å². The molecule has 1 heterocycles. The zero-order valence-corrected chi connectivity index (χ0v) is 29.8. The third-order valence-corrected chi connectivity index (χ3v) is 10.8. The fourth-order valence-corrected chi connectivity index (χ4v) is 8.39. The van der Waals surface area contributed by atoms with E-state index in [-0.39, 0.29) is 0 Å². The first-order valence-corrected chi connectivity index (χ1v) is 18.4. The lowest BCUT2D eigenvalue weighted by Gasteiger charge is -2.34. The zero-order valence-electron chi connectivity index (χ0n) is 29.8. The third kappa shape index (κ3) is 5.25. The van der Waals surface area contributed by atoms with Gasteiger partial charge in [-0.1, -0.05) is 176 Å². The second-order valence-corrected chi connectivity index (χ2v) is 13.9. The maximum atomic E-state index is 10.2. The minimum atomic E-state index is -0.647. The van der Waals surface area contributed by atoms with Crippen LogP contribution in [0.1, 0.15) is 27.8 Å². The summed E-state index contributed by atoms with van der Waals surface area (Å²) in [6.07, 6.45) is 0. The monoisotopic (exact) mass is 700 g/mol. The molecule has 0 bridgehead atoms. The van der Waals surface area contributed by atoms with Crippen molar-refractivity contribution in [2.75, 3.05) is 0 Å². The SMILES string of the molecule is N#Cc1ccc2c(c1)C(c1ccccc1)(c1ccccc1)c1cc(-c3ccc(-c4nc(-c5ccccc5)nc(-c5ccccc5)n4)cc3)c3ccccc3c1-2. The number of benzene rings is 8. The maximum Gasteiger partial charge on any atom is 0.164 e. The van der Waals surface area contributed by atoms with Crippen LogP contribution in [-0.2, 0) is 5.41 Å². The quantitative estimate of drug-likeness (QED) is 0.173. The molecule has 9 aromatic rings. The average molecular weight is 701 g/mol. The van der Waals surface area contributed by atoms with Crippen molar-refractivity contribution in [3.05, 3.63) is 222 Å². The highest BCUT2D eigenvalue weighted by Gasteiger charge is 2.47. The Labute approximate surface area is 319 Å². The van der Waals surface area contributed by atoms with Crippen molar-refractivity contribution >= 4 is 10.8 Å². The first-order valence-electron chi connectivity index (χ1n) is 18.4. The smallest absolute Gasteiger partial charge is 0.164 e. The largest absolute Gasteiger partial charge is 0.208 e. The van der Waals surface area contributed by atoms with Gasteiger partial charge in [-0.05, 0) is 73.5 Å². The van der Waals surface area contributed by atoms with Crippen molar-refractivity contribution in [3.8, 4) is 62.5 Å². The lowest BCUT2D eigenvalue weighted by molar-refractivity contribution is 0.769. The Hall–Kier alpha value is -7.48. The van der Waals surface area contributed by atoms with E-state index in [4.69, 9.17) is 15.0 Å². The fourth-order valence-electron chi connectivity index (χ4n) is 8.39. The molecule has 55 heavy (non-hydrogen) atoms. The van der Waals surface area contributed by atoms with E-state index in [0.29, 0.717) is 23.0 Å². The molecule has 4 nitrogen and oxygen atoms in total. The molecule has 1 aromatic heterocycles. The zero-order chi connectivity index (χ0) is 36.8. The van der Waals surface area contributed by atoms with Crippen LogP contribution in [-0.4, -0.2) is 15.0 Å². The van der Waals surface area contributed by atoms with Gasteiger partial charge in [0.05, 0.1) is 17.0 Å². The molecule has 0 fully saturated rings. The highest BCUT2D eigenvalue weighted by atomic mass is 15.0. The number of hydrogen-bond acceptors (Lipinski definition) is 4. The van der Waals surface area contributed by atoms with Crippen LogP contribution in [0, 0.1) is 11.3 Å². The van der Waals surface area contributed by atoms with E-state index >= 15 is 0 Å². The van der Waals surface area contributed by atoms with Gasteiger partial charge in [0.2, 0.25) is 0 Å². The molecule has 0 saturated carbocycles. The molecular formula is C51H32N4. The molecule has 4 heteroatoms. The van der Waals surface area contributed by atoms with Gasteiger partial charge in [0.1, 0.15) is 0 Å². The summed E-state index contributed by atoms with van der Waals surface area (Å²) >= 11 is 0. The fraction of sp³-hybridized carbons (Fsp3) is 0.0196. The predicted molar refractivity (Wildman–Crippen MR) is 221 cm³/mol. The highest BCUT2D eigenvalue weighted by molar-refractivity contribution is 6.10. The van der Waals surface area contributed by atoms with Crippen molar-refractivity contribution in [1.82, 2.24) is 15.0 Å². The van der Waals surface area contributed by atoms with E-state index in [1.54, 1.807) is 0 Å². The van der Waals surface area contributed by atoms with Crippen molar-refractivity contribution in [1.29, 1.82) is 5.26 Å². The van der Waals surface area contributed by atoms with Gasteiger partial charge in [0.25, 0.3) is 0 Å². The lowest BCUT2D eigenvalue weighted by Crippen LogP contribution is -2.28. The number of nitrogens with zero attached hydrogens (tertiary/aromatic N) is 4. The summed E-state index contributed by atoms with van der Waals surface area (Å²) in [4.78, 5) is 14.8. The van der Waals surface area contributed by atoms with Crippen LogP contribution in [0.15, 0.2) is 194 Å². The van der Waals surface area contributed by atoms with Gasteiger partial charge in [-0.2, -0.15) is 5.26 Å². The molecule has 256 valence electrons. The Balaban J connectivity index is 1.19. The molecule has 8 aromatic carbocycles. The minimum absolute atomic E-state index is 0.619. The molecule has 10 rings (SSSR count). The second-order valence-electron chi connectivity index (χ2n) is 13.9. The summed E-state index contributed by atoms with van der Waals surface area (Å²) in [5.41, 5.74) is 12.0. The molecule has 0 atom stereocenters. The predicted octanol–water partition coefficient (Wildman–Crippen LogP) is 11.9. The summed E-state index contributed by atoms with van der Waals surface area (Å²) in [7, 11) is 0. The highest BCUT2D eigenvalue weighted by Crippen LogP contribution is 2.59. The van der Waals surface area contributed by atoms with Crippen LogP contribution in [0.25, 0.3) is 67.2 Å². The Kier molecular flexibility index (Phi) is 7.71. The molecular weight excluding hydrogens is 669 g/mol. The normalized spacial score (nSPS) is 12.5. The first-order chi connectivity index (χ1) is 27.2. The van der Waals surface area contributed by atoms with E-state index in [1.165, 1.54) is 21.9 Å². The van der Waals surface area contributed by atoms with E-state index in [9.17, 15) is 5.26 Å². The molecule has 0 amide bonds. The molecule has 0 unspecified atom stereocenters. The van der Waals surface area contributed by atoms with Crippen LogP contribution in [0.5, 0.6) is 0 Å². The molecule has 1 aliphatic carbocycles. The van der Waals surface area contributed by atoms with Gasteiger partial charge in [-0.25, -0.2) is 15.0 Å². The Morgan fingerprint density at radius 1 is 0.382 bits per heavy atom. The number of hydrogen-bond donors (Lipinski definition) is 0. The maximum absolute atomic E-state index is 10.2. The van der Waals surface area contributed by atoms with Gasteiger partial charge in [-0.3, -0.25) is 0 Å². The van der Waals surface area contributed by atoms with Crippen molar-refractivity contribution in [2.24, 2.45) is 0 Å². The number of fused-ring (bicyclic) bond motifs is 5. The van der Waals surface area contributed by atoms with Crippen LogP contribution in [0.2, 0.25) is 0 Å². The van der Waals surface area contributed by atoms with E-state index < -0.39 is 5.41 Å². The molecule has 0 spiro atoms. The van der Waals surface area contributed by atoms with Gasteiger partial charge in [0.15, 0.2) is 17.5 Å². The Morgan fingerprint density at radius 2 is 0.836 bits per heavy atom. The summed E-state index contributed by atoms with van der Waals surface area (Å²) in [6, 6.07) is 69.9.